The van der Waals surface area contributed by atoms with Gasteiger partial charge in [-0.3, -0.25) is 0 Å². The molecule has 3 heterocycles. The lowest BCUT2D eigenvalue weighted by Crippen LogP contribution is -2.01. The second-order valence-corrected chi connectivity index (χ2v) is 4.12. The van der Waals surface area contributed by atoms with E-state index in [0.717, 1.165) is 21.7 Å². The number of rotatable bonds is 3. The first kappa shape index (κ1) is 9.29. The minimum atomic E-state index is 0.598. The molecule has 0 unspecified atom stereocenters. The Hall–Kier alpha value is -1.95. The van der Waals surface area contributed by atoms with Crippen molar-refractivity contribution < 1.29 is 4.52 Å². The van der Waals surface area contributed by atoms with Gasteiger partial charge in [0.15, 0.2) is 0 Å². The van der Waals surface area contributed by atoms with E-state index in [9.17, 15) is 0 Å². The van der Waals surface area contributed by atoms with Crippen LogP contribution in [-0.2, 0) is 6.54 Å². The zero-order chi connectivity index (χ0) is 10.8. The zero-order valence-electron chi connectivity index (χ0n) is 8.25. The normalized spacial score (nSPS) is 10.8. The maximum atomic E-state index is 4.76. The summed E-state index contributed by atoms with van der Waals surface area (Å²) >= 11 is 1.62. The fraction of sp³-hybridized carbons (Fsp3) is 0.100. The summed E-state index contributed by atoms with van der Waals surface area (Å²) in [7, 11) is 0. The number of thiophene rings is 1. The topological polar surface area (TPSA) is 63.8 Å². The first-order chi connectivity index (χ1) is 7.93. The molecule has 0 aromatic carbocycles. The summed E-state index contributed by atoms with van der Waals surface area (Å²) in [5, 5.41) is 9.04. The van der Waals surface area contributed by atoms with Crippen molar-refractivity contribution in [3.05, 3.63) is 35.8 Å². The van der Waals surface area contributed by atoms with E-state index in [1.54, 1.807) is 23.9 Å². The van der Waals surface area contributed by atoms with Gasteiger partial charge in [0.1, 0.15) is 24.1 Å². The molecule has 0 aliphatic carbocycles. The van der Waals surface area contributed by atoms with Gasteiger partial charge in [-0.2, -0.15) is 0 Å². The third-order valence-electron chi connectivity index (χ3n) is 2.17. The summed E-state index contributed by atoms with van der Waals surface area (Å²) in [6.45, 7) is 0.598. The fourth-order valence-corrected chi connectivity index (χ4v) is 2.23. The van der Waals surface area contributed by atoms with Crippen LogP contribution in [0.1, 0.15) is 5.69 Å². The fourth-order valence-electron chi connectivity index (χ4n) is 1.42. The zero-order valence-corrected chi connectivity index (χ0v) is 9.07. The molecule has 6 heteroatoms. The summed E-state index contributed by atoms with van der Waals surface area (Å²) in [6, 6.07) is 3.79. The van der Waals surface area contributed by atoms with Crippen LogP contribution in [0.5, 0.6) is 0 Å². The molecule has 0 spiro atoms. The summed E-state index contributed by atoms with van der Waals surface area (Å²) in [5.41, 5.74) is 1.81. The van der Waals surface area contributed by atoms with Gasteiger partial charge in [-0.25, -0.2) is 9.97 Å². The number of aromatic nitrogens is 3. The van der Waals surface area contributed by atoms with Crippen LogP contribution in [0.25, 0.3) is 10.2 Å². The van der Waals surface area contributed by atoms with E-state index in [-0.39, 0.29) is 0 Å². The van der Waals surface area contributed by atoms with Gasteiger partial charge in [0.05, 0.1) is 16.8 Å². The van der Waals surface area contributed by atoms with E-state index in [2.05, 4.69) is 20.4 Å². The van der Waals surface area contributed by atoms with E-state index < -0.39 is 0 Å². The van der Waals surface area contributed by atoms with Gasteiger partial charge < -0.3 is 9.84 Å². The molecular formula is C10H8N4OS. The number of hydrogen-bond acceptors (Lipinski definition) is 6. The lowest BCUT2D eigenvalue weighted by molar-refractivity contribution is 0.412. The lowest BCUT2D eigenvalue weighted by Gasteiger charge is -2.02. The van der Waals surface area contributed by atoms with E-state index in [0.29, 0.717) is 6.54 Å². The molecule has 0 bridgehead atoms. The van der Waals surface area contributed by atoms with Crippen LogP contribution in [0.3, 0.4) is 0 Å². The van der Waals surface area contributed by atoms with Crippen molar-refractivity contribution in [2.45, 2.75) is 6.54 Å². The van der Waals surface area contributed by atoms with Crippen LogP contribution in [0.4, 0.5) is 5.82 Å². The number of nitrogens with one attached hydrogen (secondary N) is 1. The number of hydrogen-bond donors (Lipinski definition) is 1. The Balaban J connectivity index is 1.86. The first-order valence-corrected chi connectivity index (χ1v) is 5.63. The van der Waals surface area contributed by atoms with Gasteiger partial charge in [-0.15, -0.1) is 11.3 Å². The molecule has 5 nitrogen and oxygen atoms in total. The first-order valence-electron chi connectivity index (χ1n) is 4.75. The average molecular weight is 232 g/mol. The van der Waals surface area contributed by atoms with Crippen molar-refractivity contribution in [1.29, 1.82) is 0 Å². The van der Waals surface area contributed by atoms with Gasteiger partial charge in [-0.05, 0) is 11.4 Å². The van der Waals surface area contributed by atoms with Crippen molar-refractivity contribution in [2.75, 3.05) is 5.32 Å². The van der Waals surface area contributed by atoms with E-state index in [1.807, 2.05) is 17.5 Å². The maximum absolute atomic E-state index is 4.76. The predicted octanol–water partition coefficient (Wildman–Crippen LogP) is 2.29. The van der Waals surface area contributed by atoms with Crippen molar-refractivity contribution >= 4 is 27.4 Å². The second kappa shape index (κ2) is 3.90. The Labute approximate surface area is 95.1 Å². The summed E-state index contributed by atoms with van der Waals surface area (Å²) < 4.78 is 5.82. The summed E-state index contributed by atoms with van der Waals surface area (Å²) in [5.74, 6) is 0.836. The highest BCUT2D eigenvalue weighted by atomic mass is 32.1. The minimum Gasteiger partial charge on any atom is -0.364 e. The predicted molar refractivity (Wildman–Crippen MR) is 61.2 cm³/mol. The lowest BCUT2D eigenvalue weighted by atomic mass is 10.4. The Morgan fingerprint density at radius 2 is 2.31 bits per heavy atom. The molecule has 0 amide bonds. The van der Waals surface area contributed by atoms with Gasteiger partial charge in [0.2, 0.25) is 0 Å². The monoisotopic (exact) mass is 232 g/mol. The van der Waals surface area contributed by atoms with Crippen LogP contribution in [0.15, 0.2) is 34.6 Å². The maximum Gasteiger partial charge on any atom is 0.147 e. The molecule has 3 aromatic heterocycles. The van der Waals surface area contributed by atoms with Crippen LogP contribution in [0.2, 0.25) is 0 Å². The van der Waals surface area contributed by atoms with Gasteiger partial charge >= 0.3 is 0 Å². The Morgan fingerprint density at radius 1 is 1.31 bits per heavy atom. The molecule has 0 aliphatic rings. The number of nitrogens with zero attached hydrogens (tertiary/aromatic N) is 3. The summed E-state index contributed by atoms with van der Waals surface area (Å²) in [4.78, 5) is 8.38. The van der Waals surface area contributed by atoms with Crippen LogP contribution >= 0.6 is 11.3 Å². The van der Waals surface area contributed by atoms with Gasteiger partial charge in [-0.1, -0.05) is 5.16 Å². The van der Waals surface area contributed by atoms with E-state index >= 15 is 0 Å². The SMILES string of the molecule is c1nc(NCc2ccon2)c2sccc2n1. The molecular weight excluding hydrogens is 224 g/mol. The standard InChI is InChI=1S/C10H8N4OS/c1-3-15-14-7(1)5-11-10-9-8(2-4-16-9)12-6-13-10/h1-4,6H,5H2,(H,11,12,13). The Kier molecular flexibility index (Phi) is 2.26. The van der Waals surface area contributed by atoms with Crippen molar-refractivity contribution in [3.8, 4) is 0 Å². The van der Waals surface area contributed by atoms with Crippen molar-refractivity contribution in [2.24, 2.45) is 0 Å². The highest BCUT2D eigenvalue weighted by Crippen LogP contribution is 2.24. The van der Waals surface area contributed by atoms with E-state index in [1.165, 1.54) is 0 Å². The Bertz CT molecular complexity index is 590. The third-order valence-corrected chi connectivity index (χ3v) is 3.08. The van der Waals surface area contributed by atoms with Crippen molar-refractivity contribution in [1.82, 2.24) is 15.1 Å². The molecule has 0 radical (unpaired) electrons. The highest BCUT2D eigenvalue weighted by molar-refractivity contribution is 7.17. The number of fused-ring (bicyclic) bond motifs is 1. The molecule has 0 saturated heterocycles. The Morgan fingerprint density at radius 3 is 3.19 bits per heavy atom. The van der Waals surface area contributed by atoms with Crippen molar-refractivity contribution in [3.63, 3.8) is 0 Å². The molecule has 0 atom stereocenters. The highest BCUT2D eigenvalue weighted by Gasteiger charge is 2.04. The van der Waals surface area contributed by atoms with E-state index in [4.69, 9.17) is 4.52 Å². The van der Waals surface area contributed by atoms with Gasteiger partial charge in [0, 0.05) is 6.07 Å². The van der Waals surface area contributed by atoms with Crippen LogP contribution in [0, 0.1) is 0 Å². The average Bonchev–Trinajstić information content (AvgIpc) is 2.97. The largest absolute Gasteiger partial charge is 0.364 e. The number of anilines is 1. The molecule has 0 aliphatic heterocycles. The quantitative estimate of drug-likeness (QED) is 0.750. The molecule has 3 rings (SSSR count). The van der Waals surface area contributed by atoms with Gasteiger partial charge in [0.25, 0.3) is 0 Å². The third kappa shape index (κ3) is 1.63. The smallest absolute Gasteiger partial charge is 0.147 e. The van der Waals surface area contributed by atoms with Crippen LogP contribution < -0.4 is 5.32 Å². The molecule has 3 aromatic rings. The summed E-state index contributed by atoms with van der Waals surface area (Å²) in [6.07, 6.45) is 3.11. The molecule has 0 fully saturated rings. The molecule has 0 saturated carbocycles. The van der Waals surface area contributed by atoms with Crippen LogP contribution in [-0.4, -0.2) is 15.1 Å². The second-order valence-electron chi connectivity index (χ2n) is 3.20. The molecule has 16 heavy (non-hydrogen) atoms. The molecule has 1 N–H and O–H groups in total. The molecule has 80 valence electrons. The minimum absolute atomic E-state index is 0.598.